The first-order valence-corrected chi connectivity index (χ1v) is 6.11. The molecule has 96 valence electrons. The minimum atomic E-state index is -0.410. The molecule has 3 N–H and O–H groups in total. The maximum Gasteiger partial charge on any atom is 0.350 e. The lowest BCUT2D eigenvalue weighted by Gasteiger charge is -1.99. The van der Waals surface area contributed by atoms with Crippen LogP contribution in [-0.4, -0.2) is 22.9 Å². The van der Waals surface area contributed by atoms with Crippen LogP contribution in [0.3, 0.4) is 0 Å². The number of nitrogens with one attached hydrogen (secondary N) is 1. The molecule has 0 fully saturated rings. The Morgan fingerprint density at radius 2 is 2.44 bits per heavy atom. The molecule has 0 aliphatic rings. The zero-order valence-electron chi connectivity index (χ0n) is 10.1. The van der Waals surface area contributed by atoms with Crippen molar-refractivity contribution in [1.29, 1.82) is 0 Å². The second kappa shape index (κ2) is 5.09. The number of aromatic nitrogens is 2. The van der Waals surface area contributed by atoms with Gasteiger partial charge in [0.25, 0.3) is 0 Å². The largest absolute Gasteiger partial charge is 0.465 e. The molecular formula is C11H14N4O2S. The maximum atomic E-state index is 11.4. The van der Waals surface area contributed by atoms with Crippen molar-refractivity contribution in [2.24, 2.45) is 7.05 Å². The third-order valence-corrected chi connectivity index (χ3v) is 3.45. The molecular weight excluding hydrogens is 252 g/mol. The molecule has 2 aromatic heterocycles. The van der Waals surface area contributed by atoms with Gasteiger partial charge in [-0.05, 0) is 6.07 Å². The molecule has 0 aromatic carbocycles. The van der Waals surface area contributed by atoms with Gasteiger partial charge in [0.2, 0.25) is 0 Å². The molecule has 0 unspecified atom stereocenters. The number of esters is 1. The van der Waals surface area contributed by atoms with Crippen molar-refractivity contribution >= 4 is 28.0 Å². The van der Waals surface area contributed by atoms with E-state index >= 15 is 0 Å². The molecule has 0 spiro atoms. The highest BCUT2D eigenvalue weighted by molar-refractivity contribution is 7.18. The Hall–Kier alpha value is -2.02. The topological polar surface area (TPSA) is 82.2 Å². The minimum absolute atomic E-state index is 0.410. The number of methoxy groups -OCH3 is 1. The Balaban J connectivity index is 2.04. The Kier molecular flexibility index (Phi) is 3.52. The molecule has 2 heterocycles. The third kappa shape index (κ3) is 2.62. The van der Waals surface area contributed by atoms with Gasteiger partial charge in [0.15, 0.2) is 0 Å². The van der Waals surface area contributed by atoms with E-state index in [4.69, 9.17) is 5.73 Å². The number of hydrogen-bond acceptors (Lipinski definition) is 6. The normalized spacial score (nSPS) is 10.3. The Morgan fingerprint density at radius 3 is 3.06 bits per heavy atom. The van der Waals surface area contributed by atoms with Gasteiger partial charge >= 0.3 is 5.97 Å². The van der Waals surface area contributed by atoms with E-state index in [9.17, 15) is 4.79 Å². The minimum Gasteiger partial charge on any atom is -0.465 e. The lowest BCUT2D eigenvalue weighted by Crippen LogP contribution is -2.01. The number of nitrogens with two attached hydrogens (primary N) is 1. The Bertz CT molecular complexity index is 561. The number of carbonyl (C=O) groups excluding carboxylic acids is 1. The van der Waals surface area contributed by atoms with E-state index < -0.39 is 5.97 Å². The Labute approximate surface area is 108 Å². The summed E-state index contributed by atoms with van der Waals surface area (Å²) in [5, 5.41) is 8.10. The number of nitrogen functional groups attached to an aromatic ring is 1. The van der Waals surface area contributed by atoms with Gasteiger partial charge in [-0.15, -0.1) is 11.3 Å². The van der Waals surface area contributed by atoms with Gasteiger partial charge in [-0.2, -0.15) is 5.10 Å². The van der Waals surface area contributed by atoms with Crippen LogP contribution in [0.5, 0.6) is 0 Å². The van der Waals surface area contributed by atoms with Crippen molar-refractivity contribution in [2.45, 2.75) is 6.54 Å². The van der Waals surface area contributed by atoms with E-state index in [1.807, 2.05) is 13.2 Å². The van der Waals surface area contributed by atoms with Gasteiger partial charge in [0, 0.05) is 25.4 Å². The summed E-state index contributed by atoms with van der Waals surface area (Å²) >= 11 is 1.28. The fraction of sp³-hybridized carbons (Fsp3) is 0.273. The highest BCUT2D eigenvalue weighted by Crippen LogP contribution is 2.29. The monoisotopic (exact) mass is 266 g/mol. The highest BCUT2D eigenvalue weighted by atomic mass is 32.1. The zero-order valence-corrected chi connectivity index (χ0v) is 11.0. The van der Waals surface area contributed by atoms with Crippen molar-refractivity contribution < 1.29 is 9.53 Å². The molecule has 0 bridgehead atoms. The summed E-state index contributed by atoms with van der Waals surface area (Å²) in [6, 6.07) is 1.73. The van der Waals surface area contributed by atoms with E-state index in [-0.39, 0.29) is 0 Å². The number of carbonyl (C=O) groups is 1. The van der Waals surface area contributed by atoms with Crippen LogP contribution in [0.1, 0.15) is 15.2 Å². The highest BCUT2D eigenvalue weighted by Gasteiger charge is 2.14. The SMILES string of the molecule is COC(=O)c1sc(NCc2cnn(C)c2)cc1N. The molecule has 0 amide bonds. The van der Waals surface area contributed by atoms with Gasteiger partial charge in [-0.25, -0.2) is 4.79 Å². The van der Waals surface area contributed by atoms with E-state index in [0.717, 1.165) is 10.6 Å². The first-order chi connectivity index (χ1) is 8.60. The van der Waals surface area contributed by atoms with Crippen LogP contribution >= 0.6 is 11.3 Å². The van der Waals surface area contributed by atoms with Crippen LogP contribution in [0.4, 0.5) is 10.7 Å². The molecule has 0 saturated heterocycles. The molecule has 0 radical (unpaired) electrons. The molecule has 0 saturated carbocycles. The summed E-state index contributed by atoms with van der Waals surface area (Å²) in [4.78, 5) is 11.8. The van der Waals surface area contributed by atoms with Crippen molar-refractivity contribution in [3.8, 4) is 0 Å². The molecule has 0 atom stereocenters. The second-order valence-electron chi connectivity index (χ2n) is 3.76. The second-order valence-corrected chi connectivity index (χ2v) is 4.81. The summed E-state index contributed by atoms with van der Waals surface area (Å²) in [5.41, 5.74) is 7.23. The summed E-state index contributed by atoms with van der Waals surface area (Å²) < 4.78 is 6.38. The smallest absolute Gasteiger partial charge is 0.350 e. The molecule has 2 rings (SSSR count). The summed E-state index contributed by atoms with van der Waals surface area (Å²) in [6.07, 6.45) is 3.70. The van der Waals surface area contributed by atoms with Crippen LogP contribution in [0.15, 0.2) is 18.5 Å². The van der Waals surface area contributed by atoms with Crippen molar-refractivity contribution in [2.75, 3.05) is 18.2 Å². The predicted molar refractivity (Wildman–Crippen MR) is 70.6 cm³/mol. The van der Waals surface area contributed by atoms with Crippen molar-refractivity contribution in [3.05, 3.63) is 28.9 Å². The van der Waals surface area contributed by atoms with Gasteiger partial charge in [-0.1, -0.05) is 0 Å². The molecule has 0 aliphatic heterocycles. The van der Waals surface area contributed by atoms with Crippen molar-refractivity contribution in [3.63, 3.8) is 0 Å². The lowest BCUT2D eigenvalue weighted by molar-refractivity contribution is 0.0607. The lowest BCUT2D eigenvalue weighted by atomic mass is 10.3. The first-order valence-electron chi connectivity index (χ1n) is 5.29. The number of anilines is 2. The average molecular weight is 266 g/mol. The summed E-state index contributed by atoms with van der Waals surface area (Å²) in [5.74, 6) is -0.410. The number of ether oxygens (including phenoxy) is 1. The van der Waals surface area contributed by atoms with Gasteiger partial charge in [-0.3, -0.25) is 4.68 Å². The molecule has 2 aromatic rings. The van der Waals surface area contributed by atoms with Crippen LogP contribution in [0.2, 0.25) is 0 Å². The van der Waals surface area contributed by atoms with E-state index in [0.29, 0.717) is 17.1 Å². The van der Waals surface area contributed by atoms with Gasteiger partial charge in [0.05, 0.1) is 24.0 Å². The standard InChI is InChI=1S/C11H14N4O2S/c1-15-6-7(5-14-15)4-13-9-3-8(12)10(18-9)11(16)17-2/h3,5-6,13H,4,12H2,1-2H3. The third-order valence-electron chi connectivity index (χ3n) is 2.36. The van der Waals surface area contributed by atoms with Crippen molar-refractivity contribution in [1.82, 2.24) is 9.78 Å². The van der Waals surface area contributed by atoms with Gasteiger partial charge < -0.3 is 15.8 Å². The quantitative estimate of drug-likeness (QED) is 0.819. The number of thiophene rings is 1. The fourth-order valence-corrected chi connectivity index (χ4v) is 2.39. The number of rotatable bonds is 4. The zero-order chi connectivity index (χ0) is 13.1. The first kappa shape index (κ1) is 12.4. The number of aryl methyl sites for hydroxylation is 1. The number of nitrogens with zero attached hydrogens (tertiary/aromatic N) is 2. The van der Waals surface area contributed by atoms with Crippen LogP contribution in [-0.2, 0) is 18.3 Å². The summed E-state index contributed by atoms with van der Waals surface area (Å²) in [6.45, 7) is 0.633. The molecule has 6 nitrogen and oxygen atoms in total. The average Bonchev–Trinajstić information content (AvgIpc) is 2.92. The van der Waals surface area contributed by atoms with Crippen LogP contribution in [0, 0.1) is 0 Å². The molecule has 0 aliphatic carbocycles. The van der Waals surface area contributed by atoms with Crippen LogP contribution in [0.25, 0.3) is 0 Å². The Morgan fingerprint density at radius 1 is 1.67 bits per heavy atom. The predicted octanol–water partition coefficient (Wildman–Crippen LogP) is 1.46. The number of hydrogen-bond donors (Lipinski definition) is 2. The molecule has 18 heavy (non-hydrogen) atoms. The van der Waals surface area contributed by atoms with Crippen LogP contribution < -0.4 is 11.1 Å². The maximum absolute atomic E-state index is 11.4. The van der Waals surface area contributed by atoms with E-state index in [1.54, 1.807) is 16.9 Å². The molecule has 7 heteroatoms. The van der Waals surface area contributed by atoms with E-state index in [1.165, 1.54) is 18.4 Å². The fourth-order valence-electron chi connectivity index (χ4n) is 1.50. The summed E-state index contributed by atoms with van der Waals surface area (Å²) in [7, 11) is 3.20. The van der Waals surface area contributed by atoms with E-state index in [2.05, 4.69) is 15.2 Å². The van der Waals surface area contributed by atoms with Gasteiger partial charge in [0.1, 0.15) is 4.88 Å².